The minimum atomic E-state index is 0.0144. The van der Waals surface area contributed by atoms with Crippen molar-refractivity contribution in [3.05, 3.63) is 65.5 Å². The number of carbonyl (C=O) groups excluding carboxylic acids is 1. The number of pyridine rings is 1. The number of aromatic nitrogens is 2. The molecule has 27 heavy (non-hydrogen) atoms. The number of hydrogen-bond acceptors (Lipinski definition) is 3. The molecule has 1 aliphatic rings. The summed E-state index contributed by atoms with van der Waals surface area (Å²) in [6, 6.07) is 9.85. The van der Waals surface area contributed by atoms with Gasteiger partial charge in [0, 0.05) is 31.0 Å². The summed E-state index contributed by atoms with van der Waals surface area (Å²) in [6.45, 7) is 5.47. The zero-order valence-corrected chi connectivity index (χ0v) is 15.7. The van der Waals surface area contributed by atoms with Gasteiger partial charge < -0.3 is 14.6 Å². The van der Waals surface area contributed by atoms with Crippen molar-refractivity contribution in [1.82, 2.24) is 14.9 Å². The van der Waals surface area contributed by atoms with Crippen LogP contribution in [-0.2, 0) is 4.79 Å². The standard InChI is InChI=1S/C22H23N3O2/c1-15-5-6-18(12-16(15)2)27-14-21(26)25-10-7-17(8-11-25)19-13-24-20-4-3-9-23-22(19)20/h3-7,9,12-13,24H,8,10-11,14H2,1-2H3. The highest BCUT2D eigenvalue weighted by molar-refractivity contribution is 5.90. The normalized spacial score (nSPS) is 14.3. The zero-order chi connectivity index (χ0) is 18.8. The summed E-state index contributed by atoms with van der Waals surface area (Å²) in [5.41, 5.74) is 6.77. The molecule has 0 spiro atoms. The predicted octanol–water partition coefficient (Wildman–Crippen LogP) is 3.87. The second-order valence-corrected chi connectivity index (χ2v) is 6.96. The maximum Gasteiger partial charge on any atom is 0.260 e. The van der Waals surface area contributed by atoms with Gasteiger partial charge in [-0.25, -0.2) is 0 Å². The number of nitrogens with zero attached hydrogens (tertiary/aromatic N) is 2. The predicted molar refractivity (Wildman–Crippen MR) is 107 cm³/mol. The van der Waals surface area contributed by atoms with Gasteiger partial charge in [0.15, 0.2) is 6.61 Å². The SMILES string of the molecule is Cc1ccc(OCC(=O)N2CC=C(c3c[nH]c4cccnc34)CC2)cc1C. The van der Waals surface area contributed by atoms with E-state index in [-0.39, 0.29) is 12.5 Å². The van der Waals surface area contributed by atoms with E-state index in [0.29, 0.717) is 13.1 Å². The lowest BCUT2D eigenvalue weighted by atomic mass is 10.0. The van der Waals surface area contributed by atoms with Crippen molar-refractivity contribution in [2.75, 3.05) is 19.7 Å². The maximum atomic E-state index is 12.5. The Balaban J connectivity index is 1.39. The van der Waals surface area contributed by atoms with Crippen molar-refractivity contribution in [3.63, 3.8) is 0 Å². The van der Waals surface area contributed by atoms with E-state index in [1.54, 1.807) is 0 Å². The van der Waals surface area contributed by atoms with Crippen molar-refractivity contribution in [2.45, 2.75) is 20.3 Å². The summed E-state index contributed by atoms with van der Waals surface area (Å²) in [4.78, 5) is 22.1. The number of aryl methyl sites for hydroxylation is 2. The minimum absolute atomic E-state index is 0.0144. The Morgan fingerprint density at radius 2 is 2.15 bits per heavy atom. The molecule has 0 radical (unpaired) electrons. The van der Waals surface area contributed by atoms with Crippen molar-refractivity contribution in [3.8, 4) is 5.75 Å². The van der Waals surface area contributed by atoms with Gasteiger partial charge in [-0.3, -0.25) is 9.78 Å². The van der Waals surface area contributed by atoms with Gasteiger partial charge in [0.05, 0.1) is 11.0 Å². The molecule has 1 aromatic carbocycles. The van der Waals surface area contributed by atoms with Gasteiger partial charge in [0.2, 0.25) is 0 Å². The molecule has 0 aliphatic carbocycles. The monoisotopic (exact) mass is 361 g/mol. The van der Waals surface area contributed by atoms with Gasteiger partial charge in [0.25, 0.3) is 5.91 Å². The van der Waals surface area contributed by atoms with Crippen molar-refractivity contribution in [2.24, 2.45) is 0 Å². The van der Waals surface area contributed by atoms with Crippen LogP contribution in [0.4, 0.5) is 0 Å². The van der Waals surface area contributed by atoms with Crippen LogP contribution in [0.1, 0.15) is 23.1 Å². The van der Waals surface area contributed by atoms with Crippen molar-refractivity contribution < 1.29 is 9.53 Å². The number of hydrogen-bond donors (Lipinski definition) is 1. The van der Waals surface area contributed by atoms with Crippen LogP contribution in [0.3, 0.4) is 0 Å². The number of rotatable bonds is 4. The van der Waals surface area contributed by atoms with E-state index < -0.39 is 0 Å². The summed E-state index contributed by atoms with van der Waals surface area (Å²) >= 11 is 0. The van der Waals surface area contributed by atoms with Gasteiger partial charge in [-0.1, -0.05) is 12.1 Å². The van der Waals surface area contributed by atoms with E-state index in [1.165, 1.54) is 11.1 Å². The molecule has 0 saturated carbocycles. The quantitative estimate of drug-likeness (QED) is 0.767. The Bertz CT molecular complexity index is 1020. The number of benzene rings is 1. The summed E-state index contributed by atoms with van der Waals surface area (Å²) in [6.07, 6.45) is 6.75. The first-order valence-electron chi connectivity index (χ1n) is 9.21. The van der Waals surface area contributed by atoms with Gasteiger partial charge in [-0.15, -0.1) is 0 Å². The van der Waals surface area contributed by atoms with Crippen LogP contribution >= 0.6 is 0 Å². The third-order valence-electron chi connectivity index (χ3n) is 5.18. The number of aromatic amines is 1. The highest BCUT2D eigenvalue weighted by atomic mass is 16.5. The maximum absolute atomic E-state index is 12.5. The first kappa shape index (κ1) is 17.3. The van der Waals surface area contributed by atoms with E-state index in [0.717, 1.165) is 34.3 Å². The number of ether oxygens (including phenoxy) is 1. The summed E-state index contributed by atoms with van der Waals surface area (Å²) in [5, 5.41) is 0. The topological polar surface area (TPSA) is 58.2 Å². The highest BCUT2D eigenvalue weighted by Crippen LogP contribution is 2.28. The molecule has 0 fully saturated rings. The van der Waals surface area contributed by atoms with E-state index in [4.69, 9.17) is 4.74 Å². The van der Waals surface area contributed by atoms with Crippen LogP contribution < -0.4 is 4.74 Å². The molecule has 3 aromatic rings. The Morgan fingerprint density at radius 1 is 1.26 bits per heavy atom. The Hall–Kier alpha value is -3.08. The minimum Gasteiger partial charge on any atom is -0.484 e. The van der Waals surface area contributed by atoms with Crippen molar-refractivity contribution >= 4 is 22.5 Å². The molecule has 0 bridgehead atoms. The second-order valence-electron chi connectivity index (χ2n) is 6.96. The number of fused-ring (bicyclic) bond motifs is 1. The molecule has 138 valence electrons. The Kier molecular flexibility index (Phi) is 4.67. The highest BCUT2D eigenvalue weighted by Gasteiger charge is 2.20. The van der Waals surface area contributed by atoms with Crippen LogP contribution in [0, 0.1) is 13.8 Å². The third-order valence-corrected chi connectivity index (χ3v) is 5.18. The lowest BCUT2D eigenvalue weighted by Crippen LogP contribution is -2.37. The molecule has 5 nitrogen and oxygen atoms in total. The summed E-state index contributed by atoms with van der Waals surface area (Å²) < 4.78 is 5.69. The van der Waals surface area contributed by atoms with E-state index in [2.05, 4.69) is 23.0 Å². The lowest BCUT2D eigenvalue weighted by Gasteiger charge is -2.26. The molecular formula is C22H23N3O2. The number of nitrogens with one attached hydrogen (secondary N) is 1. The fourth-order valence-electron chi connectivity index (χ4n) is 3.38. The molecular weight excluding hydrogens is 338 g/mol. The molecule has 1 N–H and O–H groups in total. The van der Waals surface area contributed by atoms with Gasteiger partial charge in [0.1, 0.15) is 5.75 Å². The molecule has 3 heterocycles. The summed E-state index contributed by atoms with van der Waals surface area (Å²) in [7, 11) is 0. The van der Waals surface area contributed by atoms with Crippen LogP contribution in [0.15, 0.2) is 48.8 Å². The lowest BCUT2D eigenvalue weighted by molar-refractivity contribution is -0.132. The van der Waals surface area contributed by atoms with E-state index in [9.17, 15) is 4.79 Å². The van der Waals surface area contributed by atoms with Crippen molar-refractivity contribution in [1.29, 1.82) is 0 Å². The smallest absolute Gasteiger partial charge is 0.260 e. The average molecular weight is 361 g/mol. The molecule has 2 aromatic heterocycles. The van der Waals surface area contributed by atoms with E-state index >= 15 is 0 Å². The van der Waals surface area contributed by atoms with Crippen LogP contribution in [0.2, 0.25) is 0 Å². The summed E-state index contributed by atoms with van der Waals surface area (Å²) in [5.74, 6) is 0.755. The Labute approximate surface area is 158 Å². The zero-order valence-electron chi connectivity index (χ0n) is 15.7. The van der Waals surface area contributed by atoms with Gasteiger partial charge in [-0.2, -0.15) is 0 Å². The molecule has 0 atom stereocenters. The van der Waals surface area contributed by atoms with Crippen LogP contribution in [0.5, 0.6) is 5.75 Å². The second kappa shape index (κ2) is 7.27. The van der Waals surface area contributed by atoms with Gasteiger partial charge in [-0.05, 0) is 61.2 Å². The molecule has 4 rings (SSSR count). The molecule has 1 aliphatic heterocycles. The van der Waals surface area contributed by atoms with Gasteiger partial charge >= 0.3 is 0 Å². The molecule has 0 saturated heterocycles. The third kappa shape index (κ3) is 3.58. The molecule has 5 heteroatoms. The van der Waals surface area contributed by atoms with Crippen LogP contribution in [-0.4, -0.2) is 40.5 Å². The first-order valence-corrected chi connectivity index (χ1v) is 9.21. The fourth-order valence-corrected chi connectivity index (χ4v) is 3.38. The number of carbonyl (C=O) groups is 1. The fraction of sp³-hybridized carbons (Fsp3) is 0.273. The van der Waals surface area contributed by atoms with Crippen LogP contribution in [0.25, 0.3) is 16.6 Å². The number of amides is 1. The molecule has 1 amide bonds. The molecule has 0 unspecified atom stereocenters. The Morgan fingerprint density at radius 3 is 2.93 bits per heavy atom. The average Bonchev–Trinajstić information content (AvgIpc) is 3.13. The van der Waals surface area contributed by atoms with E-state index in [1.807, 2.05) is 54.5 Å². The number of H-pyrrole nitrogens is 1. The largest absolute Gasteiger partial charge is 0.484 e. The first-order chi connectivity index (χ1) is 13.1.